The number of nitrogens with zero attached hydrogens (tertiary/aromatic N) is 1. The molecular weight excluding hydrogens is 396 g/mol. The van der Waals surface area contributed by atoms with Crippen molar-refractivity contribution in [2.75, 3.05) is 14.2 Å². The highest BCUT2D eigenvalue weighted by atomic mass is 79.9. The largest absolute Gasteiger partial charge is 0.493 e. The maximum atomic E-state index is 11.6. The molecule has 0 amide bonds. The van der Waals surface area contributed by atoms with Gasteiger partial charge in [0.25, 0.3) is 5.56 Å². The van der Waals surface area contributed by atoms with Crippen LogP contribution < -0.4 is 15.0 Å². The second kappa shape index (κ2) is 5.84. The van der Waals surface area contributed by atoms with Gasteiger partial charge in [-0.25, -0.2) is 0 Å². The van der Waals surface area contributed by atoms with E-state index in [0.29, 0.717) is 21.5 Å². The number of hydrogen-bond acceptors (Lipinski definition) is 5. The molecule has 1 aromatic heterocycles. The van der Waals surface area contributed by atoms with Gasteiger partial charge in [-0.3, -0.25) is 4.79 Å². The van der Waals surface area contributed by atoms with E-state index < -0.39 is 5.56 Å². The summed E-state index contributed by atoms with van der Waals surface area (Å²) in [6.45, 7) is 0. The first kappa shape index (κ1) is 14.9. The molecule has 20 heavy (non-hydrogen) atoms. The van der Waals surface area contributed by atoms with Gasteiger partial charge in [0.1, 0.15) is 10.3 Å². The van der Waals surface area contributed by atoms with Gasteiger partial charge in [-0.15, -0.1) is 0 Å². The maximum Gasteiger partial charge on any atom is 0.269 e. The summed E-state index contributed by atoms with van der Waals surface area (Å²) in [6, 6.07) is 3.34. The Balaban J connectivity index is 2.67. The van der Waals surface area contributed by atoms with Crippen LogP contribution in [-0.2, 0) is 0 Å². The first-order valence-electron chi connectivity index (χ1n) is 5.38. The van der Waals surface area contributed by atoms with Crippen LogP contribution in [0.1, 0.15) is 0 Å². The first-order valence-corrected chi connectivity index (χ1v) is 6.97. The summed E-state index contributed by atoms with van der Waals surface area (Å²) in [6.07, 6.45) is 0. The smallest absolute Gasteiger partial charge is 0.269 e. The molecule has 106 valence electrons. The third kappa shape index (κ3) is 2.66. The lowest BCUT2D eigenvalue weighted by atomic mass is 10.2. The lowest BCUT2D eigenvalue weighted by molar-refractivity contribution is 0.355. The van der Waals surface area contributed by atoms with Crippen LogP contribution in [0.4, 0.5) is 0 Å². The van der Waals surface area contributed by atoms with Crippen molar-refractivity contribution in [1.82, 2.24) is 9.97 Å². The van der Waals surface area contributed by atoms with Crippen molar-refractivity contribution in [3.05, 3.63) is 31.4 Å². The van der Waals surface area contributed by atoms with E-state index in [1.165, 1.54) is 14.2 Å². The molecule has 6 nitrogen and oxygen atoms in total. The average molecular weight is 406 g/mol. The van der Waals surface area contributed by atoms with E-state index in [0.717, 1.165) is 0 Å². The second-order valence-corrected chi connectivity index (χ2v) is 5.39. The highest BCUT2D eigenvalue weighted by Gasteiger charge is 2.15. The number of rotatable bonds is 3. The Morgan fingerprint density at radius 3 is 2.35 bits per heavy atom. The Morgan fingerprint density at radius 2 is 1.80 bits per heavy atom. The minimum atomic E-state index is -0.478. The van der Waals surface area contributed by atoms with Gasteiger partial charge in [0.05, 0.1) is 14.2 Å². The fourth-order valence-electron chi connectivity index (χ4n) is 1.61. The minimum Gasteiger partial charge on any atom is -0.493 e. The van der Waals surface area contributed by atoms with Crippen LogP contribution in [0.3, 0.4) is 0 Å². The lowest BCUT2D eigenvalue weighted by Crippen LogP contribution is -2.10. The summed E-state index contributed by atoms with van der Waals surface area (Å²) >= 11 is 6.31. The molecule has 0 saturated heterocycles. The molecule has 0 spiro atoms. The Bertz CT molecular complexity index is 715. The Morgan fingerprint density at radius 1 is 1.20 bits per heavy atom. The summed E-state index contributed by atoms with van der Waals surface area (Å²) in [5, 5.41) is 9.61. The number of aromatic hydroxyl groups is 1. The topological polar surface area (TPSA) is 84.4 Å². The molecule has 0 atom stereocenters. The number of methoxy groups -OCH3 is 2. The second-order valence-electron chi connectivity index (χ2n) is 3.74. The van der Waals surface area contributed by atoms with Crippen molar-refractivity contribution < 1.29 is 14.6 Å². The van der Waals surface area contributed by atoms with Crippen LogP contribution in [0.15, 0.2) is 25.9 Å². The van der Waals surface area contributed by atoms with Crippen molar-refractivity contribution >= 4 is 31.9 Å². The molecule has 0 aliphatic carbocycles. The first-order chi connectivity index (χ1) is 9.47. The van der Waals surface area contributed by atoms with Crippen molar-refractivity contribution in [1.29, 1.82) is 0 Å². The predicted octanol–water partition coefficient (Wildman–Crippen LogP) is 2.68. The minimum absolute atomic E-state index is 0.0159. The number of ether oxygens (including phenoxy) is 2. The fourth-order valence-corrected chi connectivity index (χ4v) is 2.31. The van der Waals surface area contributed by atoms with Gasteiger partial charge in [0.15, 0.2) is 11.5 Å². The standard InChI is InChI=1S/C12H10Br2N2O4/c1-19-7-3-5(6(13)4-8(7)20-2)10-15-11(17)9(14)12(18)16-10/h3-4H,1-2H3,(H2,15,16,17,18). The number of nitrogens with one attached hydrogen (secondary N) is 1. The summed E-state index contributed by atoms with van der Waals surface area (Å²) in [5.74, 6) is 0.844. The SMILES string of the molecule is COc1cc(Br)c(-c2nc(O)c(Br)c(=O)[nH]2)cc1OC. The number of hydrogen-bond donors (Lipinski definition) is 2. The molecule has 2 N–H and O–H groups in total. The number of aromatic nitrogens is 2. The van der Waals surface area contributed by atoms with Crippen LogP contribution >= 0.6 is 31.9 Å². The molecule has 2 rings (SSSR count). The number of H-pyrrole nitrogens is 1. The molecule has 0 fully saturated rings. The highest BCUT2D eigenvalue weighted by molar-refractivity contribution is 9.11. The van der Waals surface area contributed by atoms with Gasteiger partial charge in [-0.05, 0) is 44.0 Å². The Labute approximate surface area is 131 Å². The predicted molar refractivity (Wildman–Crippen MR) is 80.5 cm³/mol. The Hall–Kier alpha value is -1.54. The van der Waals surface area contributed by atoms with Gasteiger partial charge in [0, 0.05) is 10.0 Å². The number of halogens is 2. The molecule has 0 saturated carbocycles. The van der Waals surface area contributed by atoms with E-state index in [4.69, 9.17) is 9.47 Å². The van der Waals surface area contributed by atoms with Crippen molar-refractivity contribution in [2.45, 2.75) is 0 Å². The molecule has 1 heterocycles. The van der Waals surface area contributed by atoms with E-state index in [9.17, 15) is 9.90 Å². The lowest BCUT2D eigenvalue weighted by Gasteiger charge is -2.11. The highest BCUT2D eigenvalue weighted by Crippen LogP contribution is 2.37. The summed E-state index contributed by atoms with van der Waals surface area (Å²) < 4.78 is 11.0. The van der Waals surface area contributed by atoms with E-state index in [2.05, 4.69) is 41.8 Å². The van der Waals surface area contributed by atoms with Crippen LogP contribution in [0.5, 0.6) is 17.4 Å². The van der Waals surface area contributed by atoms with Crippen LogP contribution in [-0.4, -0.2) is 29.3 Å². The molecule has 2 aromatic rings. The summed E-state index contributed by atoms with van der Waals surface area (Å²) in [5.41, 5.74) is 0.0803. The quantitative estimate of drug-likeness (QED) is 0.819. The summed E-state index contributed by atoms with van der Waals surface area (Å²) in [4.78, 5) is 18.1. The molecule has 8 heteroatoms. The molecule has 0 radical (unpaired) electrons. The summed E-state index contributed by atoms with van der Waals surface area (Å²) in [7, 11) is 3.03. The zero-order chi connectivity index (χ0) is 14.9. The molecule has 0 aliphatic rings. The fraction of sp³-hybridized carbons (Fsp3) is 0.167. The zero-order valence-corrected chi connectivity index (χ0v) is 13.7. The van der Waals surface area contributed by atoms with Gasteiger partial charge in [0.2, 0.25) is 5.88 Å². The maximum absolute atomic E-state index is 11.6. The molecule has 0 aliphatic heterocycles. The van der Waals surface area contributed by atoms with Gasteiger partial charge >= 0.3 is 0 Å². The van der Waals surface area contributed by atoms with Crippen LogP contribution in [0, 0.1) is 0 Å². The van der Waals surface area contributed by atoms with E-state index in [1.54, 1.807) is 12.1 Å². The van der Waals surface area contributed by atoms with Crippen molar-refractivity contribution in [3.63, 3.8) is 0 Å². The van der Waals surface area contributed by atoms with Gasteiger partial charge < -0.3 is 19.6 Å². The normalized spacial score (nSPS) is 10.4. The van der Waals surface area contributed by atoms with Gasteiger partial charge in [-0.2, -0.15) is 4.98 Å². The average Bonchev–Trinajstić information content (AvgIpc) is 2.43. The molecule has 0 bridgehead atoms. The third-order valence-corrected chi connectivity index (χ3v) is 3.94. The Kier molecular flexibility index (Phi) is 4.34. The zero-order valence-electron chi connectivity index (χ0n) is 10.5. The van der Waals surface area contributed by atoms with E-state index in [-0.39, 0.29) is 16.2 Å². The van der Waals surface area contributed by atoms with Gasteiger partial charge in [-0.1, -0.05) is 0 Å². The molecule has 0 unspecified atom stereocenters. The molecular formula is C12H10Br2N2O4. The van der Waals surface area contributed by atoms with Crippen molar-refractivity contribution in [3.8, 4) is 28.8 Å². The number of aromatic amines is 1. The van der Waals surface area contributed by atoms with Crippen LogP contribution in [0.25, 0.3) is 11.4 Å². The van der Waals surface area contributed by atoms with E-state index >= 15 is 0 Å². The third-order valence-electron chi connectivity index (χ3n) is 2.57. The van der Waals surface area contributed by atoms with Crippen molar-refractivity contribution in [2.24, 2.45) is 0 Å². The van der Waals surface area contributed by atoms with E-state index in [1.807, 2.05) is 0 Å². The molecule has 1 aromatic carbocycles. The van der Waals surface area contributed by atoms with Crippen LogP contribution in [0.2, 0.25) is 0 Å². The number of benzene rings is 1. The monoisotopic (exact) mass is 404 g/mol.